The molecule has 1 aliphatic rings. The van der Waals surface area contributed by atoms with Crippen molar-refractivity contribution in [1.82, 2.24) is 19.7 Å². The molecule has 7 heteroatoms. The van der Waals surface area contributed by atoms with E-state index in [-0.39, 0.29) is 17.8 Å². The number of aromatic nitrogens is 3. The lowest BCUT2D eigenvalue weighted by Gasteiger charge is -2.26. The minimum Gasteiger partial charge on any atom is -0.376 e. The van der Waals surface area contributed by atoms with E-state index in [0.717, 1.165) is 25.0 Å². The lowest BCUT2D eigenvalue weighted by molar-refractivity contribution is -0.133. The largest absolute Gasteiger partial charge is 0.376 e. The van der Waals surface area contributed by atoms with Crippen LogP contribution in [0.3, 0.4) is 0 Å². The molecule has 2 heterocycles. The van der Waals surface area contributed by atoms with Gasteiger partial charge in [0.1, 0.15) is 18.5 Å². The molecule has 0 unspecified atom stereocenters. The van der Waals surface area contributed by atoms with Crippen LogP contribution in [-0.2, 0) is 22.6 Å². The van der Waals surface area contributed by atoms with E-state index < -0.39 is 0 Å². The number of hydrogen-bond donors (Lipinski definition) is 0. The third-order valence-electron chi connectivity index (χ3n) is 4.33. The van der Waals surface area contributed by atoms with Crippen molar-refractivity contribution in [1.29, 1.82) is 0 Å². The van der Waals surface area contributed by atoms with Gasteiger partial charge in [0.25, 0.3) is 0 Å². The first-order chi connectivity index (χ1) is 12.2. The quantitative estimate of drug-likeness (QED) is 0.736. The van der Waals surface area contributed by atoms with Gasteiger partial charge in [0.15, 0.2) is 0 Å². The standard InChI is InChI=1S/C18H23FN4O2/c19-16-7-5-15(6-8-16)11-22(12-17-3-2-10-25-17)18(24)4-1-9-23-14-20-13-21-23/h5-8,13-14,17H,1-4,9-12H2/t17-/m1/s1. The van der Waals surface area contributed by atoms with E-state index in [9.17, 15) is 9.18 Å². The second-order valence-corrected chi connectivity index (χ2v) is 6.30. The van der Waals surface area contributed by atoms with Crippen molar-refractivity contribution >= 4 is 5.91 Å². The summed E-state index contributed by atoms with van der Waals surface area (Å²) in [5.74, 6) is -0.187. The van der Waals surface area contributed by atoms with Crippen molar-refractivity contribution in [3.8, 4) is 0 Å². The Labute approximate surface area is 146 Å². The molecule has 1 aromatic heterocycles. The van der Waals surface area contributed by atoms with Crippen molar-refractivity contribution in [3.63, 3.8) is 0 Å². The molecule has 134 valence electrons. The number of nitrogens with zero attached hydrogens (tertiary/aromatic N) is 4. The lowest BCUT2D eigenvalue weighted by atomic mass is 10.1. The fourth-order valence-electron chi connectivity index (χ4n) is 3.00. The summed E-state index contributed by atoms with van der Waals surface area (Å²) < 4.78 is 20.5. The number of carbonyl (C=O) groups is 1. The van der Waals surface area contributed by atoms with Crippen LogP contribution in [0.2, 0.25) is 0 Å². The van der Waals surface area contributed by atoms with E-state index in [1.165, 1.54) is 18.5 Å². The summed E-state index contributed by atoms with van der Waals surface area (Å²) in [5.41, 5.74) is 0.920. The molecule has 0 bridgehead atoms. The van der Waals surface area contributed by atoms with Gasteiger partial charge in [0.2, 0.25) is 5.91 Å². The van der Waals surface area contributed by atoms with Crippen LogP contribution < -0.4 is 0 Å². The molecule has 1 fully saturated rings. The predicted molar refractivity (Wildman–Crippen MR) is 90.0 cm³/mol. The van der Waals surface area contributed by atoms with E-state index >= 15 is 0 Å². The second kappa shape index (κ2) is 8.71. The molecule has 1 amide bonds. The molecule has 1 atom stereocenters. The van der Waals surface area contributed by atoms with Crippen LogP contribution in [0.5, 0.6) is 0 Å². The van der Waals surface area contributed by atoms with Crippen molar-refractivity contribution in [2.75, 3.05) is 13.2 Å². The lowest BCUT2D eigenvalue weighted by Crippen LogP contribution is -2.37. The summed E-state index contributed by atoms with van der Waals surface area (Å²) in [6.45, 7) is 2.48. The van der Waals surface area contributed by atoms with Gasteiger partial charge in [-0.05, 0) is 37.0 Å². The molecule has 0 N–H and O–H groups in total. The maximum absolute atomic E-state index is 13.1. The van der Waals surface area contributed by atoms with Crippen LogP contribution in [-0.4, -0.2) is 44.8 Å². The van der Waals surface area contributed by atoms with Gasteiger partial charge in [-0.1, -0.05) is 12.1 Å². The molecule has 6 nitrogen and oxygen atoms in total. The Kier molecular flexibility index (Phi) is 6.11. The van der Waals surface area contributed by atoms with Gasteiger partial charge in [0, 0.05) is 32.7 Å². The van der Waals surface area contributed by atoms with Gasteiger partial charge >= 0.3 is 0 Å². The number of amides is 1. The van der Waals surface area contributed by atoms with E-state index in [0.29, 0.717) is 32.5 Å². The molecular weight excluding hydrogens is 323 g/mol. The second-order valence-electron chi connectivity index (χ2n) is 6.30. The number of aryl methyl sites for hydroxylation is 1. The molecule has 0 saturated carbocycles. The normalized spacial score (nSPS) is 16.9. The van der Waals surface area contributed by atoms with Gasteiger partial charge in [-0.3, -0.25) is 9.48 Å². The highest BCUT2D eigenvalue weighted by Crippen LogP contribution is 2.16. The number of hydrogen-bond acceptors (Lipinski definition) is 4. The Morgan fingerprint density at radius 3 is 2.88 bits per heavy atom. The zero-order valence-electron chi connectivity index (χ0n) is 14.2. The number of ether oxygens (including phenoxy) is 1. The Bertz CT molecular complexity index is 654. The molecule has 0 spiro atoms. The van der Waals surface area contributed by atoms with Gasteiger partial charge < -0.3 is 9.64 Å². The first kappa shape index (κ1) is 17.5. The molecule has 0 radical (unpaired) electrons. The maximum Gasteiger partial charge on any atom is 0.223 e. The molecule has 3 rings (SSSR count). The van der Waals surface area contributed by atoms with E-state index in [1.54, 1.807) is 23.1 Å². The van der Waals surface area contributed by atoms with Crippen LogP contribution in [0.25, 0.3) is 0 Å². The summed E-state index contributed by atoms with van der Waals surface area (Å²) >= 11 is 0. The predicted octanol–water partition coefficient (Wildman–Crippen LogP) is 2.41. The maximum atomic E-state index is 13.1. The van der Waals surface area contributed by atoms with Crippen molar-refractivity contribution in [3.05, 3.63) is 48.3 Å². The topological polar surface area (TPSA) is 60.2 Å². The zero-order valence-corrected chi connectivity index (χ0v) is 14.2. The smallest absolute Gasteiger partial charge is 0.223 e. The molecule has 25 heavy (non-hydrogen) atoms. The Hall–Kier alpha value is -2.28. The zero-order chi connectivity index (χ0) is 17.5. The number of rotatable bonds is 8. The van der Waals surface area contributed by atoms with Gasteiger partial charge in [-0.2, -0.15) is 5.10 Å². The monoisotopic (exact) mass is 346 g/mol. The number of benzene rings is 1. The Morgan fingerprint density at radius 1 is 1.36 bits per heavy atom. The highest BCUT2D eigenvalue weighted by atomic mass is 19.1. The minimum absolute atomic E-state index is 0.0833. The van der Waals surface area contributed by atoms with Crippen LogP contribution in [0.15, 0.2) is 36.9 Å². The Morgan fingerprint density at radius 2 is 2.20 bits per heavy atom. The molecule has 2 aromatic rings. The average molecular weight is 346 g/mol. The van der Waals surface area contributed by atoms with Crippen molar-refractivity contribution < 1.29 is 13.9 Å². The molecule has 1 aromatic carbocycles. The highest BCUT2D eigenvalue weighted by molar-refractivity contribution is 5.76. The summed E-state index contributed by atoms with van der Waals surface area (Å²) in [6.07, 6.45) is 6.38. The first-order valence-electron chi connectivity index (χ1n) is 8.67. The fraction of sp³-hybridized carbons (Fsp3) is 0.500. The summed E-state index contributed by atoms with van der Waals surface area (Å²) in [6, 6.07) is 6.30. The molecular formula is C18H23FN4O2. The van der Waals surface area contributed by atoms with Gasteiger partial charge in [-0.15, -0.1) is 0 Å². The first-order valence-corrected chi connectivity index (χ1v) is 8.67. The van der Waals surface area contributed by atoms with E-state index in [4.69, 9.17) is 4.74 Å². The van der Waals surface area contributed by atoms with Gasteiger partial charge in [0.05, 0.1) is 6.10 Å². The fourth-order valence-corrected chi connectivity index (χ4v) is 3.00. The summed E-state index contributed by atoms with van der Waals surface area (Å²) in [7, 11) is 0. The molecule has 0 aliphatic carbocycles. The van der Waals surface area contributed by atoms with Crippen LogP contribution in [0.4, 0.5) is 4.39 Å². The number of carbonyl (C=O) groups excluding carboxylic acids is 1. The Balaban J connectivity index is 1.57. The van der Waals surface area contributed by atoms with E-state index in [1.807, 2.05) is 4.90 Å². The van der Waals surface area contributed by atoms with Crippen LogP contribution >= 0.6 is 0 Å². The molecule has 1 saturated heterocycles. The van der Waals surface area contributed by atoms with Crippen molar-refractivity contribution in [2.24, 2.45) is 0 Å². The third-order valence-corrected chi connectivity index (χ3v) is 4.33. The van der Waals surface area contributed by atoms with E-state index in [2.05, 4.69) is 10.1 Å². The number of halogens is 1. The summed E-state index contributed by atoms with van der Waals surface area (Å²) in [4.78, 5) is 18.4. The van der Waals surface area contributed by atoms with Crippen LogP contribution in [0, 0.1) is 5.82 Å². The highest BCUT2D eigenvalue weighted by Gasteiger charge is 2.22. The minimum atomic E-state index is -0.270. The third kappa shape index (κ3) is 5.35. The van der Waals surface area contributed by atoms with Gasteiger partial charge in [-0.25, -0.2) is 9.37 Å². The van der Waals surface area contributed by atoms with Crippen LogP contribution in [0.1, 0.15) is 31.2 Å². The molecule has 1 aliphatic heterocycles. The SMILES string of the molecule is O=C(CCCn1cncn1)N(Cc1ccc(F)cc1)C[C@H]1CCCO1. The van der Waals surface area contributed by atoms with Crippen molar-refractivity contribution in [2.45, 2.75) is 44.9 Å². The average Bonchev–Trinajstić information content (AvgIpc) is 3.30. The summed E-state index contributed by atoms with van der Waals surface area (Å²) in [5, 5.41) is 4.04.